The summed E-state index contributed by atoms with van der Waals surface area (Å²) in [5, 5.41) is 19.7. The first-order valence-corrected chi connectivity index (χ1v) is 9.19. The van der Waals surface area contributed by atoms with Crippen molar-refractivity contribution in [3.63, 3.8) is 0 Å². The molecule has 0 saturated heterocycles. The van der Waals surface area contributed by atoms with E-state index in [0.29, 0.717) is 29.9 Å². The number of benzene rings is 2. The Hall–Kier alpha value is -3.25. The topological polar surface area (TPSA) is 86.6 Å². The Balaban J connectivity index is 1.96. The van der Waals surface area contributed by atoms with Crippen LogP contribution in [0.2, 0.25) is 0 Å². The molecule has 1 amide bonds. The monoisotopic (exact) mass is 375 g/mol. The fraction of sp³-hybridized carbons (Fsp3) is 0.227. The minimum Gasteiger partial charge on any atom is -0.465 e. The van der Waals surface area contributed by atoms with E-state index in [-0.39, 0.29) is 5.82 Å². The van der Waals surface area contributed by atoms with Gasteiger partial charge in [-0.3, -0.25) is 0 Å². The third kappa shape index (κ3) is 3.23. The van der Waals surface area contributed by atoms with E-state index in [1.165, 1.54) is 0 Å². The summed E-state index contributed by atoms with van der Waals surface area (Å²) >= 11 is 0. The summed E-state index contributed by atoms with van der Waals surface area (Å²) in [6, 6.07) is 15.9. The highest BCUT2D eigenvalue weighted by atomic mass is 16.4. The van der Waals surface area contributed by atoms with Gasteiger partial charge in [0.1, 0.15) is 6.23 Å². The van der Waals surface area contributed by atoms with Gasteiger partial charge in [-0.15, -0.1) is 0 Å². The number of aryl methyl sites for hydroxylation is 3. The van der Waals surface area contributed by atoms with Crippen LogP contribution in [-0.4, -0.2) is 32.5 Å². The van der Waals surface area contributed by atoms with Crippen molar-refractivity contribution in [1.82, 2.24) is 9.97 Å². The maximum absolute atomic E-state index is 11.7. The number of hydrogen-bond donors (Lipinski definition) is 2. The average Bonchev–Trinajstić information content (AvgIpc) is 2.68. The lowest BCUT2D eigenvalue weighted by atomic mass is 10.0. The van der Waals surface area contributed by atoms with Crippen LogP contribution >= 0.6 is 0 Å². The van der Waals surface area contributed by atoms with Gasteiger partial charge in [0.25, 0.3) is 0 Å². The van der Waals surface area contributed by atoms with Gasteiger partial charge in [0, 0.05) is 11.1 Å². The molecule has 4 rings (SSSR count). The highest BCUT2D eigenvalue weighted by Crippen LogP contribution is 2.35. The molecule has 0 saturated carbocycles. The second kappa shape index (κ2) is 7.05. The van der Waals surface area contributed by atoms with Gasteiger partial charge in [-0.25, -0.2) is 19.7 Å². The Morgan fingerprint density at radius 1 is 0.929 bits per heavy atom. The smallest absolute Gasteiger partial charge is 0.415 e. The van der Waals surface area contributed by atoms with Crippen LogP contribution in [-0.2, 0) is 6.42 Å². The molecule has 28 heavy (non-hydrogen) atoms. The first-order valence-electron chi connectivity index (χ1n) is 9.19. The van der Waals surface area contributed by atoms with Gasteiger partial charge in [-0.2, -0.15) is 0 Å². The summed E-state index contributed by atoms with van der Waals surface area (Å²) in [5.41, 5.74) is 5.93. The van der Waals surface area contributed by atoms with E-state index < -0.39 is 12.3 Å². The Kier molecular flexibility index (Phi) is 4.57. The quantitative estimate of drug-likeness (QED) is 0.702. The number of nitrogens with zero attached hydrogens (tertiary/aromatic N) is 3. The number of anilines is 1. The number of rotatable bonds is 2. The Morgan fingerprint density at radius 3 is 1.93 bits per heavy atom. The van der Waals surface area contributed by atoms with Crippen LogP contribution in [0.5, 0.6) is 0 Å². The van der Waals surface area contributed by atoms with Gasteiger partial charge in [-0.05, 0) is 26.7 Å². The Morgan fingerprint density at radius 2 is 1.43 bits per heavy atom. The molecule has 0 fully saturated rings. The van der Waals surface area contributed by atoms with Crippen LogP contribution in [0.25, 0.3) is 22.5 Å². The molecule has 2 heterocycles. The van der Waals surface area contributed by atoms with Gasteiger partial charge in [0.15, 0.2) is 5.82 Å². The number of carboxylic acid groups (broad SMARTS) is 1. The molecular formula is C22H21N3O3. The lowest BCUT2D eigenvalue weighted by Crippen LogP contribution is -2.44. The molecular weight excluding hydrogens is 354 g/mol. The van der Waals surface area contributed by atoms with Crippen LogP contribution < -0.4 is 4.90 Å². The largest absolute Gasteiger partial charge is 0.465 e. The lowest BCUT2D eigenvalue weighted by molar-refractivity contribution is 0.135. The van der Waals surface area contributed by atoms with E-state index in [2.05, 4.69) is 4.98 Å². The fourth-order valence-electron chi connectivity index (χ4n) is 3.40. The van der Waals surface area contributed by atoms with Crippen molar-refractivity contribution < 1.29 is 15.0 Å². The van der Waals surface area contributed by atoms with Crippen LogP contribution in [0.15, 0.2) is 48.5 Å². The van der Waals surface area contributed by atoms with Crippen molar-refractivity contribution in [3.8, 4) is 22.5 Å². The molecule has 2 aromatic carbocycles. The molecule has 0 spiro atoms. The summed E-state index contributed by atoms with van der Waals surface area (Å²) in [5.74, 6) is 0.206. The minimum absolute atomic E-state index is 0.206. The molecule has 1 atom stereocenters. The zero-order chi connectivity index (χ0) is 19.8. The molecule has 2 N–H and O–H groups in total. The van der Waals surface area contributed by atoms with Crippen LogP contribution in [0, 0.1) is 13.8 Å². The second-order valence-corrected chi connectivity index (χ2v) is 7.10. The van der Waals surface area contributed by atoms with Gasteiger partial charge < -0.3 is 10.2 Å². The lowest BCUT2D eigenvalue weighted by Gasteiger charge is -2.30. The number of amides is 1. The number of fused-ring (bicyclic) bond motifs is 1. The zero-order valence-electron chi connectivity index (χ0n) is 15.8. The van der Waals surface area contributed by atoms with E-state index in [0.717, 1.165) is 27.2 Å². The molecule has 6 heteroatoms. The van der Waals surface area contributed by atoms with Gasteiger partial charge in [-0.1, -0.05) is 59.7 Å². The fourth-order valence-corrected chi connectivity index (χ4v) is 3.40. The Bertz CT molecular complexity index is 1030. The molecule has 142 valence electrons. The first kappa shape index (κ1) is 18.1. The summed E-state index contributed by atoms with van der Waals surface area (Å²) in [4.78, 5) is 22.1. The maximum atomic E-state index is 11.7. The molecule has 1 unspecified atom stereocenters. The van der Waals surface area contributed by atoms with Gasteiger partial charge >= 0.3 is 6.09 Å². The van der Waals surface area contributed by atoms with E-state index in [4.69, 9.17) is 4.98 Å². The van der Waals surface area contributed by atoms with Crippen molar-refractivity contribution in [2.75, 3.05) is 4.90 Å². The normalized spacial score (nSPS) is 16.0. The van der Waals surface area contributed by atoms with Gasteiger partial charge in [0.05, 0.1) is 17.1 Å². The average molecular weight is 375 g/mol. The zero-order valence-corrected chi connectivity index (χ0v) is 15.8. The molecule has 0 aliphatic carbocycles. The Labute approximate surface area is 163 Å². The second-order valence-electron chi connectivity index (χ2n) is 7.10. The predicted molar refractivity (Wildman–Crippen MR) is 107 cm³/mol. The predicted octanol–water partition coefficient (Wildman–Crippen LogP) is 4.18. The standard InChI is InChI=1S/C22H21N3O3/c1-13-3-7-15(8-4-13)19-20(16-9-5-14(2)6-10-16)24-21-17(23-19)11-12-18(26)25(21)22(27)28/h3-10,18,26H,11-12H2,1-2H3,(H,27,28). The van der Waals surface area contributed by atoms with Crippen LogP contribution in [0.4, 0.5) is 10.6 Å². The van der Waals surface area contributed by atoms with Crippen molar-refractivity contribution in [3.05, 3.63) is 65.4 Å². The first-order chi connectivity index (χ1) is 13.4. The molecule has 3 aromatic rings. The molecule has 0 bridgehead atoms. The highest BCUT2D eigenvalue weighted by molar-refractivity contribution is 5.88. The van der Waals surface area contributed by atoms with E-state index in [9.17, 15) is 15.0 Å². The SMILES string of the molecule is Cc1ccc(-c2nc3c(nc2-c2ccc(C)cc2)N(C(=O)O)C(O)CC3)cc1. The minimum atomic E-state index is -1.24. The summed E-state index contributed by atoms with van der Waals surface area (Å²) in [6.07, 6.45) is -1.58. The van der Waals surface area contributed by atoms with Gasteiger partial charge in [0.2, 0.25) is 0 Å². The maximum Gasteiger partial charge on any atom is 0.415 e. The summed E-state index contributed by atoms with van der Waals surface area (Å²) < 4.78 is 0. The highest BCUT2D eigenvalue weighted by Gasteiger charge is 2.33. The van der Waals surface area contributed by atoms with E-state index in [1.54, 1.807) is 0 Å². The van der Waals surface area contributed by atoms with Crippen molar-refractivity contribution in [2.24, 2.45) is 0 Å². The number of carbonyl (C=O) groups is 1. The van der Waals surface area contributed by atoms with Crippen LogP contribution in [0.3, 0.4) is 0 Å². The van der Waals surface area contributed by atoms with Crippen molar-refractivity contribution in [2.45, 2.75) is 32.9 Å². The summed E-state index contributed by atoms with van der Waals surface area (Å²) in [7, 11) is 0. The van der Waals surface area contributed by atoms with Crippen LogP contribution in [0.1, 0.15) is 23.2 Å². The van der Waals surface area contributed by atoms with E-state index in [1.807, 2.05) is 62.4 Å². The number of aliphatic hydroxyl groups is 1. The summed E-state index contributed by atoms with van der Waals surface area (Å²) in [6.45, 7) is 4.03. The van der Waals surface area contributed by atoms with E-state index >= 15 is 0 Å². The molecule has 6 nitrogen and oxygen atoms in total. The molecule has 1 aromatic heterocycles. The third-order valence-electron chi connectivity index (χ3n) is 4.97. The molecule has 1 aliphatic heterocycles. The number of hydrogen-bond acceptors (Lipinski definition) is 4. The molecule has 0 radical (unpaired) electrons. The molecule has 1 aliphatic rings. The number of aliphatic hydroxyl groups excluding tert-OH is 1. The number of aromatic nitrogens is 2. The van der Waals surface area contributed by atoms with Crippen molar-refractivity contribution >= 4 is 11.9 Å². The third-order valence-corrected chi connectivity index (χ3v) is 4.97. The van der Waals surface area contributed by atoms with Crippen molar-refractivity contribution in [1.29, 1.82) is 0 Å².